The number of halogens is 1. The summed E-state index contributed by atoms with van der Waals surface area (Å²) in [7, 11) is 4.51. The van der Waals surface area contributed by atoms with Crippen molar-refractivity contribution in [2.24, 2.45) is 0 Å². The number of nitrogens with one attached hydrogen (secondary N) is 1. The van der Waals surface area contributed by atoms with Gasteiger partial charge >= 0.3 is 5.63 Å². The van der Waals surface area contributed by atoms with Gasteiger partial charge in [0.1, 0.15) is 22.8 Å². The van der Waals surface area contributed by atoms with E-state index in [4.69, 9.17) is 30.2 Å². The molecule has 30 heavy (non-hydrogen) atoms. The molecule has 8 heteroatoms. The maximum atomic E-state index is 12.5. The van der Waals surface area contributed by atoms with Gasteiger partial charge in [0.25, 0.3) is 0 Å². The average Bonchev–Trinajstić information content (AvgIpc) is 2.73. The summed E-state index contributed by atoms with van der Waals surface area (Å²) in [4.78, 5) is 25.0. The molecule has 0 radical (unpaired) electrons. The van der Waals surface area contributed by atoms with Crippen LogP contribution < -0.4 is 25.2 Å². The Balaban J connectivity index is 1.80. The number of benzene rings is 2. The zero-order valence-electron chi connectivity index (χ0n) is 17.1. The highest BCUT2D eigenvalue weighted by Gasteiger charge is 2.16. The van der Waals surface area contributed by atoms with E-state index < -0.39 is 5.63 Å². The van der Waals surface area contributed by atoms with E-state index in [1.165, 1.54) is 14.2 Å². The van der Waals surface area contributed by atoms with E-state index in [1.54, 1.807) is 31.4 Å². The minimum atomic E-state index is -0.466. The lowest BCUT2D eigenvalue weighted by Gasteiger charge is -2.13. The monoisotopic (exact) mass is 431 g/mol. The third-order valence-corrected chi connectivity index (χ3v) is 5.14. The molecule has 0 spiro atoms. The van der Waals surface area contributed by atoms with Crippen LogP contribution in [0.5, 0.6) is 17.2 Å². The maximum Gasteiger partial charge on any atom is 0.339 e. The molecule has 0 unspecified atom stereocenters. The first-order valence-corrected chi connectivity index (χ1v) is 9.57. The van der Waals surface area contributed by atoms with E-state index in [0.717, 1.165) is 10.9 Å². The molecular formula is C22H22ClNO6. The highest BCUT2D eigenvalue weighted by atomic mass is 35.5. The molecule has 1 aromatic heterocycles. The lowest BCUT2D eigenvalue weighted by Crippen LogP contribution is -2.17. The van der Waals surface area contributed by atoms with Gasteiger partial charge in [-0.05, 0) is 31.0 Å². The molecule has 0 bridgehead atoms. The minimum Gasteiger partial charge on any atom is -0.497 e. The van der Waals surface area contributed by atoms with Crippen LogP contribution in [0.25, 0.3) is 11.0 Å². The molecule has 1 amide bonds. The maximum absolute atomic E-state index is 12.5. The quantitative estimate of drug-likeness (QED) is 0.559. The number of aryl methyl sites for hydroxylation is 1. The standard InChI is InChI=1S/C22H22ClNO6/c1-12-14-6-5-13(27-2)9-18(14)30-22(26)15(12)7-8-21(25)24-17-11-19(28-3)16(23)10-20(17)29-4/h5-6,9-11H,7-8H2,1-4H3,(H,24,25). The fourth-order valence-corrected chi connectivity index (χ4v) is 3.43. The van der Waals surface area contributed by atoms with Gasteiger partial charge in [-0.2, -0.15) is 0 Å². The number of amides is 1. The van der Waals surface area contributed by atoms with Crippen molar-refractivity contribution in [2.45, 2.75) is 19.8 Å². The van der Waals surface area contributed by atoms with Crippen LogP contribution in [0, 0.1) is 6.92 Å². The van der Waals surface area contributed by atoms with Crippen LogP contribution in [-0.4, -0.2) is 27.2 Å². The van der Waals surface area contributed by atoms with Crippen LogP contribution in [0.4, 0.5) is 5.69 Å². The predicted octanol–water partition coefficient (Wildman–Crippen LogP) is 4.35. The molecule has 0 aliphatic rings. The van der Waals surface area contributed by atoms with E-state index in [1.807, 2.05) is 13.0 Å². The Bertz CT molecular complexity index is 1150. The molecule has 158 valence electrons. The number of carbonyl (C=O) groups is 1. The third-order valence-electron chi connectivity index (χ3n) is 4.84. The molecule has 2 aromatic carbocycles. The van der Waals surface area contributed by atoms with Gasteiger partial charge in [-0.1, -0.05) is 11.6 Å². The van der Waals surface area contributed by atoms with Crippen LogP contribution >= 0.6 is 11.6 Å². The van der Waals surface area contributed by atoms with Gasteiger partial charge in [-0.25, -0.2) is 4.79 Å². The van der Waals surface area contributed by atoms with Crippen LogP contribution in [0.1, 0.15) is 17.5 Å². The Morgan fingerprint density at radius 1 is 1.07 bits per heavy atom. The van der Waals surface area contributed by atoms with Crippen molar-refractivity contribution in [3.05, 3.63) is 56.9 Å². The Morgan fingerprint density at radius 3 is 2.47 bits per heavy atom. The summed E-state index contributed by atoms with van der Waals surface area (Å²) in [5.74, 6) is 1.13. The lowest BCUT2D eigenvalue weighted by atomic mass is 10.0. The van der Waals surface area contributed by atoms with Gasteiger partial charge in [-0.15, -0.1) is 0 Å². The van der Waals surface area contributed by atoms with Gasteiger partial charge in [0, 0.05) is 35.6 Å². The highest BCUT2D eigenvalue weighted by molar-refractivity contribution is 6.32. The smallest absolute Gasteiger partial charge is 0.339 e. The zero-order valence-corrected chi connectivity index (χ0v) is 17.9. The molecular weight excluding hydrogens is 410 g/mol. The molecule has 7 nitrogen and oxygen atoms in total. The number of anilines is 1. The number of hydrogen-bond acceptors (Lipinski definition) is 6. The van der Waals surface area contributed by atoms with Crippen LogP contribution in [0.15, 0.2) is 39.5 Å². The second-order valence-electron chi connectivity index (χ2n) is 6.59. The number of methoxy groups -OCH3 is 3. The van der Waals surface area contributed by atoms with Gasteiger partial charge in [-0.3, -0.25) is 4.79 Å². The van der Waals surface area contributed by atoms with Crippen LogP contribution in [-0.2, 0) is 11.2 Å². The van der Waals surface area contributed by atoms with E-state index in [0.29, 0.717) is 39.1 Å². The lowest BCUT2D eigenvalue weighted by molar-refractivity contribution is -0.116. The van der Waals surface area contributed by atoms with Crippen molar-refractivity contribution in [1.29, 1.82) is 0 Å². The molecule has 0 fully saturated rings. The average molecular weight is 432 g/mol. The Labute approximate surface area is 178 Å². The third kappa shape index (κ3) is 4.36. The Kier molecular flexibility index (Phi) is 6.52. The van der Waals surface area contributed by atoms with Crippen molar-refractivity contribution in [1.82, 2.24) is 0 Å². The molecule has 1 N–H and O–H groups in total. The molecule has 3 aromatic rings. The SMILES string of the molecule is COc1ccc2c(C)c(CCC(=O)Nc3cc(OC)c(Cl)cc3OC)c(=O)oc2c1. The second kappa shape index (κ2) is 9.09. The molecule has 1 heterocycles. The summed E-state index contributed by atoms with van der Waals surface area (Å²) in [5.41, 5.74) is 1.65. The normalized spacial score (nSPS) is 10.7. The molecule has 0 saturated heterocycles. The second-order valence-corrected chi connectivity index (χ2v) is 7.00. The first kappa shape index (κ1) is 21.5. The van der Waals surface area contributed by atoms with Crippen molar-refractivity contribution in [3.8, 4) is 17.2 Å². The highest BCUT2D eigenvalue weighted by Crippen LogP contribution is 2.36. The summed E-state index contributed by atoms with van der Waals surface area (Å²) >= 11 is 6.09. The van der Waals surface area contributed by atoms with E-state index in [-0.39, 0.29) is 18.7 Å². The molecule has 0 saturated carbocycles. The van der Waals surface area contributed by atoms with Crippen molar-refractivity contribution in [2.75, 3.05) is 26.6 Å². The fourth-order valence-electron chi connectivity index (χ4n) is 3.20. The van der Waals surface area contributed by atoms with E-state index in [2.05, 4.69) is 5.32 Å². The van der Waals surface area contributed by atoms with Gasteiger partial charge in [0.15, 0.2) is 0 Å². The predicted molar refractivity (Wildman–Crippen MR) is 115 cm³/mol. The van der Waals surface area contributed by atoms with Gasteiger partial charge in [0.05, 0.1) is 32.0 Å². The summed E-state index contributed by atoms with van der Waals surface area (Å²) in [6, 6.07) is 8.45. The topological polar surface area (TPSA) is 87.0 Å². The van der Waals surface area contributed by atoms with Crippen molar-refractivity contribution >= 4 is 34.2 Å². The number of rotatable bonds is 7. The van der Waals surface area contributed by atoms with Crippen LogP contribution in [0.3, 0.4) is 0 Å². The van der Waals surface area contributed by atoms with E-state index >= 15 is 0 Å². The van der Waals surface area contributed by atoms with Crippen molar-refractivity contribution < 1.29 is 23.4 Å². The summed E-state index contributed by atoms with van der Waals surface area (Å²) in [6.07, 6.45) is 0.316. The summed E-state index contributed by atoms with van der Waals surface area (Å²) in [6.45, 7) is 1.84. The molecule has 0 aliphatic carbocycles. The largest absolute Gasteiger partial charge is 0.497 e. The first-order chi connectivity index (χ1) is 14.4. The fraction of sp³-hybridized carbons (Fsp3) is 0.273. The Morgan fingerprint density at radius 2 is 1.80 bits per heavy atom. The Hall–Kier alpha value is -3.19. The number of carbonyl (C=O) groups excluding carboxylic acids is 1. The molecule has 0 aliphatic heterocycles. The van der Waals surface area contributed by atoms with E-state index in [9.17, 15) is 9.59 Å². The number of hydrogen-bond donors (Lipinski definition) is 1. The van der Waals surface area contributed by atoms with Crippen LogP contribution in [0.2, 0.25) is 5.02 Å². The first-order valence-electron chi connectivity index (χ1n) is 9.19. The van der Waals surface area contributed by atoms with Gasteiger partial charge < -0.3 is 23.9 Å². The summed E-state index contributed by atoms with van der Waals surface area (Å²) < 4.78 is 21.0. The molecule has 0 atom stereocenters. The van der Waals surface area contributed by atoms with Gasteiger partial charge in [0.2, 0.25) is 5.91 Å². The number of ether oxygens (including phenoxy) is 3. The zero-order chi connectivity index (χ0) is 21.8. The van der Waals surface area contributed by atoms with Crippen molar-refractivity contribution in [3.63, 3.8) is 0 Å². The minimum absolute atomic E-state index is 0.0847. The number of fused-ring (bicyclic) bond motifs is 1. The summed E-state index contributed by atoms with van der Waals surface area (Å²) in [5, 5.41) is 3.94. The molecule has 3 rings (SSSR count).